The largest absolute Gasteiger partial charge is 0.373 e. The fourth-order valence-electron chi connectivity index (χ4n) is 0.818. The molecule has 0 unspecified atom stereocenters. The highest BCUT2D eigenvalue weighted by Gasteiger charge is 2.03. The average molecular weight is 310 g/mol. The molecule has 1 aromatic rings. The van der Waals surface area contributed by atoms with Crippen molar-refractivity contribution in [3.8, 4) is 0 Å². The van der Waals surface area contributed by atoms with Crippen LogP contribution in [0.5, 0.6) is 0 Å². The maximum absolute atomic E-state index is 11.2. The smallest absolute Gasteiger partial charge is 0.173 e. The average Bonchev–Trinajstić information content (AvgIpc) is 2.17. The summed E-state index contributed by atoms with van der Waals surface area (Å²) < 4.78 is 0. The number of aromatic nitrogens is 1. The van der Waals surface area contributed by atoms with Crippen LogP contribution in [0.1, 0.15) is 10.4 Å². The SMILES string of the molecule is Br.CNc1cc(C(=O)CBr)ccn1. The Kier molecular flexibility index (Phi) is 5.90. The third kappa shape index (κ3) is 3.44. The molecule has 0 fully saturated rings. The molecule has 0 aliphatic carbocycles. The van der Waals surface area contributed by atoms with E-state index in [0.717, 1.165) is 0 Å². The van der Waals surface area contributed by atoms with Crippen molar-refractivity contribution in [3.05, 3.63) is 23.9 Å². The summed E-state index contributed by atoms with van der Waals surface area (Å²) in [5, 5.41) is 3.22. The molecule has 0 bridgehead atoms. The minimum Gasteiger partial charge on any atom is -0.373 e. The van der Waals surface area contributed by atoms with Crippen LogP contribution in [0.2, 0.25) is 0 Å². The number of nitrogens with one attached hydrogen (secondary N) is 1. The maximum atomic E-state index is 11.2. The predicted molar refractivity (Wildman–Crippen MR) is 62.2 cm³/mol. The lowest BCUT2D eigenvalue weighted by molar-refractivity contribution is 0.102. The number of rotatable bonds is 3. The lowest BCUT2D eigenvalue weighted by Gasteiger charge is -2.00. The van der Waals surface area contributed by atoms with Gasteiger partial charge in [0.25, 0.3) is 0 Å². The maximum Gasteiger partial charge on any atom is 0.173 e. The fourth-order valence-corrected chi connectivity index (χ4v) is 1.14. The van der Waals surface area contributed by atoms with Crippen molar-refractivity contribution < 1.29 is 4.79 Å². The molecule has 0 amide bonds. The molecule has 72 valence electrons. The Morgan fingerprint density at radius 2 is 2.38 bits per heavy atom. The molecule has 0 aliphatic rings. The summed E-state index contributed by atoms with van der Waals surface area (Å²) in [6.07, 6.45) is 1.61. The lowest BCUT2D eigenvalue weighted by Crippen LogP contribution is -2.01. The minimum atomic E-state index is 0. The van der Waals surface area contributed by atoms with Gasteiger partial charge in [-0.2, -0.15) is 0 Å². The highest BCUT2D eigenvalue weighted by molar-refractivity contribution is 9.09. The summed E-state index contributed by atoms with van der Waals surface area (Å²) in [7, 11) is 1.77. The molecule has 1 heterocycles. The van der Waals surface area contributed by atoms with E-state index in [9.17, 15) is 4.79 Å². The molecule has 0 spiro atoms. The zero-order chi connectivity index (χ0) is 8.97. The van der Waals surface area contributed by atoms with Crippen molar-refractivity contribution in [2.24, 2.45) is 0 Å². The van der Waals surface area contributed by atoms with Crippen molar-refractivity contribution in [2.75, 3.05) is 17.7 Å². The molecule has 3 nitrogen and oxygen atoms in total. The van der Waals surface area contributed by atoms with Crippen LogP contribution in [0, 0.1) is 0 Å². The Bertz CT molecular complexity index is 291. The standard InChI is InChI=1S/C8H9BrN2O.BrH/c1-10-8-4-6(2-3-11-8)7(12)5-9;/h2-4H,5H2,1H3,(H,10,11);1H. The van der Waals surface area contributed by atoms with Gasteiger partial charge in [-0.25, -0.2) is 4.98 Å². The molecule has 1 rings (SSSR count). The van der Waals surface area contributed by atoms with Gasteiger partial charge in [-0.1, -0.05) is 15.9 Å². The number of halogens is 2. The van der Waals surface area contributed by atoms with Gasteiger partial charge in [-0.3, -0.25) is 4.79 Å². The predicted octanol–water partition coefficient (Wildman–Crippen LogP) is 2.28. The van der Waals surface area contributed by atoms with Crippen molar-refractivity contribution in [3.63, 3.8) is 0 Å². The number of anilines is 1. The van der Waals surface area contributed by atoms with Crippen molar-refractivity contribution in [2.45, 2.75) is 0 Å². The summed E-state index contributed by atoms with van der Waals surface area (Å²) in [5.74, 6) is 0.774. The topological polar surface area (TPSA) is 42.0 Å². The van der Waals surface area contributed by atoms with Crippen LogP contribution in [-0.4, -0.2) is 23.1 Å². The van der Waals surface area contributed by atoms with Gasteiger partial charge >= 0.3 is 0 Å². The van der Waals surface area contributed by atoms with Crippen LogP contribution in [0.4, 0.5) is 5.82 Å². The summed E-state index contributed by atoms with van der Waals surface area (Å²) in [4.78, 5) is 15.2. The Hall–Kier alpha value is -0.420. The summed E-state index contributed by atoms with van der Waals surface area (Å²) in [6.45, 7) is 0. The molecule has 0 aromatic carbocycles. The van der Waals surface area contributed by atoms with Crippen LogP contribution in [0.25, 0.3) is 0 Å². The quantitative estimate of drug-likeness (QED) is 0.688. The Morgan fingerprint density at radius 3 is 2.92 bits per heavy atom. The van der Waals surface area contributed by atoms with Crippen molar-refractivity contribution in [1.29, 1.82) is 0 Å². The third-order valence-corrected chi connectivity index (χ3v) is 1.97. The molecule has 1 N–H and O–H groups in total. The van der Waals surface area contributed by atoms with Crippen LogP contribution in [0.15, 0.2) is 18.3 Å². The fraction of sp³-hybridized carbons (Fsp3) is 0.250. The number of carbonyl (C=O) groups excluding carboxylic acids is 1. The second-order valence-corrected chi connectivity index (χ2v) is 2.80. The number of ketones is 1. The zero-order valence-corrected chi connectivity index (χ0v) is 10.4. The zero-order valence-electron chi connectivity index (χ0n) is 7.08. The van der Waals surface area contributed by atoms with E-state index in [1.165, 1.54) is 0 Å². The summed E-state index contributed by atoms with van der Waals surface area (Å²) in [5.41, 5.74) is 0.672. The van der Waals surface area contributed by atoms with Gasteiger partial charge < -0.3 is 5.32 Å². The van der Waals surface area contributed by atoms with Gasteiger partial charge in [0.15, 0.2) is 5.78 Å². The second kappa shape index (κ2) is 6.10. The van der Waals surface area contributed by atoms with E-state index in [2.05, 4.69) is 26.2 Å². The van der Waals surface area contributed by atoms with Gasteiger partial charge in [-0.15, -0.1) is 17.0 Å². The Balaban J connectivity index is 0.00000144. The minimum absolute atomic E-state index is 0. The van der Waals surface area contributed by atoms with Crippen molar-refractivity contribution in [1.82, 2.24) is 4.98 Å². The molecule has 1 aromatic heterocycles. The monoisotopic (exact) mass is 308 g/mol. The van der Waals surface area contributed by atoms with Crippen LogP contribution >= 0.6 is 32.9 Å². The van der Waals surface area contributed by atoms with Gasteiger partial charge in [0, 0.05) is 18.8 Å². The number of hydrogen-bond acceptors (Lipinski definition) is 3. The van der Waals surface area contributed by atoms with E-state index in [1.807, 2.05) is 0 Å². The lowest BCUT2D eigenvalue weighted by atomic mass is 10.2. The number of pyridine rings is 1. The van der Waals surface area contributed by atoms with E-state index in [-0.39, 0.29) is 22.8 Å². The molecule has 5 heteroatoms. The van der Waals surface area contributed by atoms with Crippen LogP contribution in [0.3, 0.4) is 0 Å². The van der Waals surface area contributed by atoms with Gasteiger partial charge in [-0.05, 0) is 12.1 Å². The first-order chi connectivity index (χ1) is 5.77. The number of alkyl halides is 1. The highest BCUT2D eigenvalue weighted by atomic mass is 79.9. The normalized spacial score (nSPS) is 8.77. The molecule has 13 heavy (non-hydrogen) atoms. The number of Topliss-reactive ketones (excluding diaryl/α,β-unsaturated/α-hetero) is 1. The number of carbonyl (C=O) groups is 1. The van der Waals surface area contributed by atoms with Gasteiger partial charge in [0.05, 0.1) is 5.33 Å². The first-order valence-corrected chi connectivity index (χ1v) is 4.63. The van der Waals surface area contributed by atoms with Gasteiger partial charge in [0.1, 0.15) is 5.82 Å². The molecule has 0 radical (unpaired) electrons. The molecule has 0 saturated heterocycles. The van der Waals surface area contributed by atoms with Gasteiger partial charge in [0.2, 0.25) is 0 Å². The Labute approximate surface area is 95.8 Å². The second-order valence-electron chi connectivity index (χ2n) is 2.24. The van der Waals surface area contributed by atoms with Crippen LogP contribution in [-0.2, 0) is 0 Å². The molecular formula is C8H10Br2N2O. The first-order valence-electron chi connectivity index (χ1n) is 3.51. The number of hydrogen-bond donors (Lipinski definition) is 1. The number of nitrogens with zero attached hydrogens (tertiary/aromatic N) is 1. The highest BCUT2D eigenvalue weighted by Crippen LogP contribution is 2.07. The van der Waals surface area contributed by atoms with E-state index >= 15 is 0 Å². The van der Waals surface area contributed by atoms with E-state index in [4.69, 9.17) is 0 Å². The Morgan fingerprint density at radius 1 is 1.69 bits per heavy atom. The van der Waals surface area contributed by atoms with E-state index in [1.54, 1.807) is 25.4 Å². The molecule has 0 atom stereocenters. The molecule has 0 aliphatic heterocycles. The first kappa shape index (κ1) is 12.6. The van der Waals surface area contributed by atoms with Crippen molar-refractivity contribution >= 4 is 44.5 Å². The third-order valence-electron chi connectivity index (χ3n) is 1.46. The van der Waals surface area contributed by atoms with E-state index in [0.29, 0.717) is 16.7 Å². The van der Waals surface area contributed by atoms with Crippen LogP contribution < -0.4 is 5.32 Å². The van der Waals surface area contributed by atoms with E-state index < -0.39 is 0 Å². The summed E-state index contributed by atoms with van der Waals surface area (Å²) >= 11 is 3.11. The molecular weight excluding hydrogens is 300 g/mol. The summed E-state index contributed by atoms with van der Waals surface area (Å²) in [6, 6.07) is 3.42. The molecule has 0 saturated carbocycles.